The first-order valence-corrected chi connectivity index (χ1v) is 7.54. The summed E-state index contributed by atoms with van der Waals surface area (Å²) in [6, 6.07) is 5.51. The van der Waals surface area contributed by atoms with Crippen LogP contribution in [-0.2, 0) is 0 Å². The van der Waals surface area contributed by atoms with Crippen LogP contribution in [0.15, 0.2) is 18.3 Å². The molecule has 0 bridgehead atoms. The number of hydrogen-bond donors (Lipinski definition) is 1. The van der Waals surface area contributed by atoms with Crippen LogP contribution in [0.2, 0.25) is 0 Å². The van der Waals surface area contributed by atoms with Crippen molar-refractivity contribution in [3.05, 3.63) is 24.0 Å². The van der Waals surface area contributed by atoms with Crippen LogP contribution in [0.5, 0.6) is 0 Å². The van der Waals surface area contributed by atoms with Crippen LogP contribution in [0.3, 0.4) is 0 Å². The molecule has 3 nitrogen and oxygen atoms in total. The Bertz CT molecular complexity index is 385. The Kier molecular flexibility index (Phi) is 4.81. The van der Waals surface area contributed by atoms with Gasteiger partial charge in [0.05, 0.1) is 11.9 Å². The van der Waals surface area contributed by atoms with Gasteiger partial charge in [-0.3, -0.25) is 4.98 Å². The van der Waals surface area contributed by atoms with E-state index in [1.807, 2.05) is 13.1 Å². The molecule has 3 heteroatoms. The number of nitrogens with one attached hydrogen (secondary N) is 1. The molecule has 2 unspecified atom stereocenters. The van der Waals surface area contributed by atoms with Gasteiger partial charge in [0.25, 0.3) is 0 Å². The molecule has 0 aromatic carbocycles. The topological polar surface area (TPSA) is 28.2 Å². The summed E-state index contributed by atoms with van der Waals surface area (Å²) in [6.07, 6.45) is 4.52. The molecule has 1 saturated heterocycles. The van der Waals surface area contributed by atoms with Gasteiger partial charge < -0.3 is 10.2 Å². The Balaban J connectivity index is 2.17. The van der Waals surface area contributed by atoms with Gasteiger partial charge in [-0.05, 0) is 31.4 Å². The third-order valence-electron chi connectivity index (χ3n) is 4.07. The van der Waals surface area contributed by atoms with E-state index in [1.165, 1.54) is 18.5 Å². The quantitative estimate of drug-likeness (QED) is 0.903. The Morgan fingerprint density at radius 1 is 1.42 bits per heavy atom. The van der Waals surface area contributed by atoms with E-state index < -0.39 is 0 Å². The number of pyridine rings is 1. The minimum atomic E-state index is 0.567. The van der Waals surface area contributed by atoms with Crippen LogP contribution in [0, 0.1) is 12.8 Å². The lowest BCUT2D eigenvalue weighted by Crippen LogP contribution is -2.58. The van der Waals surface area contributed by atoms with Crippen molar-refractivity contribution in [2.45, 2.75) is 52.6 Å². The molecule has 1 N–H and O–H groups in total. The highest BCUT2D eigenvalue weighted by Crippen LogP contribution is 2.24. The summed E-state index contributed by atoms with van der Waals surface area (Å²) in [6.45, 7) is 11.1. The van der Waals surface area contributed by atoms with Crippen LogP contribution in [-0.4, -0.2) is 30.2 Å². The van der Waals surface area contributed by atoms with E-state index in [-0.39, 0.29) is 0 Å². The fourth-order valence-corrected chi connectivity index (χ4v) is 2.90. The van der Waals surface area contributed by atoms with Gasteiger partial charge in [-0.1, -0.05) is 27.2 Å². The van der Waals surface area contributed by atoms with Crippen molar-refractivity contribution in [1.29, 1.82) is 0 Å². The number of aryl methyl sites for hydroxylation is 1. The molecule has 1 aliphatic heterocycles. The van der Waals surface area contributed by atoms with Gasteiger partial charge >= 0.3 is 0 Å². The minimum Gasteiger partial charge on any atom is -0.364 e. The van der Waals surface area contributed by atoms with Crippen molar-refractivity contribution in [1.82, 2.24) is 10.3 Å². The van der Waals surface area contributed by atoms with Crippen molar-refractivity contribution < 1.29 is 0 Å². The summed E-state index contributed by atoms with van der Waals surface area (Å²) < 4.78 is 0. The fourth-order valence-electron chi connectivity index (χ4n) is 2.90. The number of rotatable bonds is 4. The van der Waals surface area contributed by atoms with Crippen molar-refractivity contribution in [2.24, 2.45) is 5.92 Å². The zero-order valence-corrected chi connectivity index (χ0v) is 12.7. The summed E-state index contributed by atoms with van der Waals surface area (Å²) in [5, 5.41) is 3.70. The summed E-state index contributed by atoms with van der Waals surface area (Å²) in [4.78, 5) is 7.01. The Morgan fingerprint density at radius 2 is 2.21 bits per heavy atom. The molecule has 0 saturated carbocycles. The summed E-state index contributed by atoms with van der Waals surface area (Å²) >= 11 is 0. The second kappa shape index (κ2) is 6.38. The Hall–Kier alpha value is -1.09. The third kappa shape index (κ3) is 3.47. The average molecular weight is 261 g/mol. The lowest BCUT2D eigenvalue weighted by molar-refractivity contribution is 0.327. The summed E-state index contributed by atoms with van der Waals surface area (Å²) in [5.74, 6) is 0.649. The highest BCUT2D eigenvalue weighted by Gasteiger charge is 2.29. The number of hydrogen-bond acceptors (Lipinski definition) is 3. The van der Waals surface area contributed by atoms with Crippen molar-refractivity contribution in [3.63, 3.8) is 0 Å². The predicted octanol–water partition coefficient (Wildman–Crippen LogP) is 2.99. The van der Waals surface area contributed by atoms with Crippen molar-refractivity contribution >= 4 is 5.69 Å². The highest BCUT2D eigenvalue weighted by molar-refractivity contribution is 5.47. The molecule has 2 rings (SSSR count). The van der Waals surface area contributed by atoms with Crippen LogP contribution in [0.25, 0.3) is 0 Å². The van der Waals surface area contributed by atoms with Gasteiger partial charge in [-0.25, -0.2) is 0 Å². The molecule has 106 valence electrons. The van der Waals surface area contributed by atoms with Gasteiger partial charge in [-0.15, -0.1) is 0 Å². The predicted molar refractivity (Wildman–Crippen MR) is 81.6 cm³/mol. The molecular weight excluding hydrogens is 234 g/mol. The Labute approximate surface area is 117 Å². The highest BCUT2D eigenvalue weighted by atomic mass is 15.2. The second-order valence-corrected chi connectivity index (χ2v) is 6.02. The van der Waals surface area contributed by atoms with Crippen LogP contribution < -0.4 is 10.2 Å². The van der Waals surface area contributed by atoms with Crippen molar-refractivity contribution in [2.75, 3.05) is 18.0 Å². The van der Waals surface area contributed by atoms with Gasteiger partial charge in [0.15, 0.2) is 0 Å². The standard InChI is InChI=1S/C16H27N3/c1-5-6-14-11-19(16(10-18-14)12(2)3)15-8-7-13(4)17-9-15/h7-9,12,14,16,18H,5-6,10-11H2,1-4H3. The van der Waals surface area contributed by atoms with E-state index in [4.69, 9.17) is 0 Å². The molecule has 1 fully saturated rings. The van der Waals surface area contributed by atoms with E-state index in [1.54, 1.807) is 0 Å². The lowest BCUT2D eigenvalue weighted by Gasteiger charge is -2.43. The van der Waals surface area contributed by atoms with Gasteiger partial charge in [0, 0.05) is 30.9 Å². The molecule has 19 heavy (non-hydrogen) atoms. The summed E-state index contributed by atoms with van der Waals surface area (Å²) in [5.41, 5.74) is 2.36. The maximum absolute atomic E-state index is 4.46. The first-order valence-electron chi connectivity index (χ1n) is 7.54. The maximum Gasteiger partial charge on any atom is 0.0556 e. The average Bonchev–Trinajstić information content (AvgIpc) is 2.39. The normalized spacial score (nSPS) is 23.9. The molecule has 0 spiro atoms. The van der Waals surface area contributed by atoms with E-state index >= 15 is 0 Å². The number of anilines is 1. The zero-order chi connectivity index (χ0) is 13.8. The molecule has 2 atom stereocenters. The van der Waals surface area contributed by atoms with E-state index in [0.717, 1.165) is 18.8 Å². The zero-order valence-electron chi connectivity index (χ0n) is 12.7. The van der Waals surface area contributed by atoms with Crippen molar-refractivity contribution in [3.8, 4) is 0 Å². The summed E-state index contributed by atoms with van der Waals surface area (Å²) in [7, 11) is 0. The Morgan fingerprint density at radius 3 is 2.79 bits per heavy atom. The monoisotopic (exact) mass is 261 g/mol. The third-order valence-corrected chi connectivity index (χ3v) is 4.07. The number of aromatic nitrogens is 1. The van der Waals surface area contributed by atoms with Gasteiger partial charge in [0.2, 0.25) is 0 Å². The SMILES string of the molecule is CCCC1CN(c2ccc(C)nc2)C(C(C)C)CN1. The molecule has 0 radical (unpaired) electrons. The molecular formula is C16H27N3. The van der Waals surface area contributed by atoms with Crippen LogP contribution in [0.1, 0.15) is 39.3 Å². The van der Waals surface area contributed by atoms with E-state index in [0.29, 0.717) is 18.0 Å². The smallest absolute Gasteiger partial charge is 0.0556 e. The fraction of sp³-hybridized carbons (Fsp3) is 0.688. The molecule has 0 amide bonds. The molecule has 1 aromatic rings. The molecule has 1 aliphatic rings. The van der Waals surface area contributed by atoms with Crippen LogP contribution >= 0.6 is 0 Å². The van der Waals surface area contributed by atoms with Crippen LogP contribution in [0.4, 0.5) is 5.69 Å². The second-order valence-electron chi connectivity index (χ2n) is 6.02. The molecule has 2 heterocycles. The minimum absolute atomic E-state index is 0.567. The number of nitrogens with zero attached hydrogens (tertiary/aromatic N) is 2. The first-order chi connectivity index (χ1) is 9.11. The molecule has 1 aromatic heterocycles. The van der Waals surface area contributed by atoms with Gasteiger partial charge in [0.1, 0.15) is 0 Å². The first kappa shape index (κ1) is 14.3. The maximum atomic E-state index is 4.46. The van der Waals surface area contributed by atoms with Gasteiger partial charge in [-0.2, -0.15) is 0 Å². The van der Waals surface area contributed by atoms with E-state index in [9.17, 15) is 0 Å². The lowest BCUT2D eigenvalue weighted by atomic mass is 9.96. The largest absolute Gasteiger partial charge is 0.364 e. The molecule has 0 aliphatic carbocycles. The number of piperazine rings is 1. The van der Waals surface area contributed by atoms with E-state index in [2.05, 4.69) is 48.1 Å².